The van der Waals surface area contributed by atoms with Crippen LogP contribution in [0.3, 0.4) is 0 Å². The summed E-state index contributed by atoms with van der Waals surface area (Å²) in [5.41, 5.74) is 1.63. The molecule has 1 unspecified atom stereocenters. The number of nitrogens with one attached hydrogen (secondary N) is 2. The standard InChI is InChI=1S/C10H17N3/c1-10(2)4-3-8(5-10)13-9-6-11-12-7-9/h6-8,13H,3-5H2,1-2H3,(H,11,12). The molecular formula is C10H17N3. The van der Waals surface area contributed by atoms with Crippen LogP contribution in [-0.2, 0) is 0 Å². The first kappa shape index (κ1) is 8.60. The first-order valence-corrected chi connectivity index (χ1v) is 4.91. The van der Waals surface area contributed by atoms with Crippen molar-refractivity contribution in [3.8, 4) is 0 Å². The van der Waals surface area contributed by atoms with Crippen LogP contribution < -0.4 is 5.32 Å². The molecule has 1 saturated carbocycles. The van der Waals surface area contributed by atoms with Gasteiger partial charge in [-0.2, -0.15) is 5.10 Å². The highest BCUT2D eigenvalue weighted by atomic mass is 15.1. The van der Waals surface area contributed by atoms with Gasteiger partial charge in [0.15, 0.2) is 0 Å². The van der Waals surface area contributed by atoms with Crippen molar-refractivity contribution in [2.45, 2.75) is 39.2 Å². The zero-order valence-corrected chi connectivity index (χ0v) is 8.30. The quantitative estimate of drug-likeness (QED) is 0.732. The van der Waals surface area contributed by atoms with Gasteiger partial charge in [0.05, 0.1) is 11.9 Å². The molecule has 0 aromatic carbocycles. The van der Waals surface area contributed by atoms with Gasteiger partial charge >= 0.3 is 0 Å². The van der Waals surface area contributed by atoms with Gasteiger partial charge < -0.3 is 5.32 Å². The third-order valence-corrected chi connectivity index (χ3v) is 2.84. The van der Waals surface area contributed by atoms with Gasteiger partial charge in [-0.3, -0.25) is 5.10 Å². The zero-order chi connectivity index (χ0) is 9.31. The fourth-order valence-corrected chi connectivity index (χ4v) is 2.12. The number of H-pyrrole nitrogens is 1. The van der Waals surface area contributed by atoms with Crippen molar-refractivity contribution < 1.29 is 0 Å². The van der Waals surface area contributed by atoms with Crippen molar-refractivity contribution in [1.82, 2.24) is 10.2 Å². The molecule has 0 bridgehead atoms. The smallest absolute Gasteiger partial charge is 0.0725 e. The first-order chi connectivity index (χ1) is 6.16. The second-order valence-electron chi connectivity index (χ2n) is 4.74. The molecule has 1 aromatic heterocycles. The number of aromatic amines is 1. The largest absolute Gasteiger partial charge is 0.380 e. The normalized spacial score (nSPS) is 26.2. The Morgan fingerprint density at radius 1 is 1.62 bits per heavy atom. The maximum Gasteiger partial charge on any atom is 0.0725 e. The molecular weight excluding hydrogens is 162 g/mol. The molecule has 1 aromatic rings. The van der Waals surface area contributed by atoms with E-state index in [0.717, 1.165) is 5.69 Å². The minimum atomic E-state index is 0.515. The lowest BCUT2D eigenvalue weighted by Gasteiger charge is -2.17. The van der Waals surface area contributed by atoms with Crippen LogP contribution in [-0.4, -0.2) is 16.2 Å². The summed E-state index contributed by atoms with van der Waals surface area (Å²) < 4.78 is 0. The molecule has 72 valence electrons. The van der Waals surface area contributed by atoms with Gasteiger partial charge in [-0.15, -0.1) is 0 Å². The Kier molecular flexibility index (Phi) is 2.02. The summed E-state index contributed by atoms with van der Waals surface area (Å²) in [4.78, 5) is 0. The third-order valence-electron chi connectivity index (χ3n) is 2.84. The molecule has 13 heavy (non-hydrogen) atoms. The number of nitrogens with zero attached hydrogens (tertiary/aromatic N) is 1. The summed E-state index contributed by atoms with van der Waals surface area (Å²) >= 11 is 0. The Bertz CT molecular complexity index is 264. The predicted molar refractivity (Wildman–Crippen MR) is 53.6 cm³/mol. The Morgan fingerprint density at radius 2 is 2.46 bits per heavy atom. The minimum Gasteiger partial charge on any atom is -0.380 e. The van der Waals surface area contributed by atoms with Gasteiger partial charge in [0.2, 0.25) is 0 Å². The molecule has 0 radical (unpaired) electrons. The minimum absolute atomic E-state index is 0.515. The maximum atomic E-state index is 3.91. The van der Waals surface area contributed by atoms with Crippen LogP contribution >= 0.6 is 0 Å². The number of anilines is 1. The van der Waals surface area contributed by atoms with E-state index in [0.29, 0.717) is 11.5 Å². The van der Waals surface area contributed by atoms with Gasteiger partial charge in [-0.05, 0) is 24.7 Å². The molecule has 0 amide bonds. The van der Waals surface area contributed by atoms with Crippen LogP contribution in [0, 0.1) is 5.41 Å². The molecule has 2 N–H and O–H groups in total. The van der Waals surface area contributed by atoms with Crippen molar-refractivity contribution in [3.05, 3.63) is 12.4 Å². The van der Waals surface area contributed by atoms with E-state index in [4.69, 9.17) is 0 Å². The Balaban J connectivity index is 1.91. The Morgan fingerprint density at radius 3 is 3.00 bits per heavy atom. The van der Waals surface area contributed by atoms with Crippen molar-refractivity contribution in [3.63, 3.8) is 0 Å². The van der Waals surface area contributed by atoms with Gasteiger partial charge in [-0.25, -0.2) is 0 Å². The molecule has 1 fully saturated rings. The summed E-state index contributed by atoms with van der Waals surface area (Å²) in [7, 11) is 0. The van der Waals surface area contributed by atoms with E-state index in [1.807, 2.05) is 12.4 Å². The average molecular weight is 179 g/mol. The van der Waals surface area contributed by atoms with Crippen LogP contribution in [0.1, 0.15) is 33.1 Å². The first-order valence-electron chi connectivity index (χ1n) is 4.91. The van der Waals surface area contributed by atoms with E-state index >= 15 is 0 Å². The predicted octanol–water partition coefficient (Wildman–Crippen LogP) is 2.40. The maximum absolute atomic E-state index is 3.91. The fraction of sp³-hybridized carbons (Fsp3) is 0.700. The Hall–Kier alpha value is -0.990. The van der Waals surface area contributed by atoms with Crippen LogP contribution in [0.25, 0.3) is 0 Å². The summed E-state index contributed by atoms with van der Waals surface area (Å²) in [6, 6.07) is 0.632. The van der Waals surface area contributed by atoms with E-state index in [-0.39, 0.29) is 0 Å². The second kappa shape index (κ2) is 3.05. The number of aromatic nitrogens is 2. The molecule has 3 heteroatoms. The molecule has 0 saturated heterocycles. The highest BCUT2D eigenvalue weighted by Gasteiger charge is 2.30. The SMILES string of the molecule is CC1(C)CCC(Nc2cn[nH]c2)C1. The van der Waals surface area contributed by atoms with E-state index in [2.05, 4.69) is 29.4 Å². The topological polar surface area (TPSA) is 40.7 Å². The van der Waals surface area contributed by atoms with E-state index < -0.39 is 0 Å². The number of hydrogen-bond acceptors (Lipinski definition) is 2. The monoisotopic (exact) mass is 179 g/mol. The van der Waals surface area contributed by atoms with Gasteiger partial charge in [-0.1, -0.05) is 13.8 Å². The van der Waals surface area contributed by atoms with Gasteiger partial charge in [0, 0.05) is 12.2 Å². The molecule has 0 spiro atoms. The lowest BCUT2D eigenvalue weighted by molar-refractivity contribution is 0.378. The van der Waals surface area contributed by atoms with Gasteiger partial charge in [0.25, 0.3) is 0 Å². The Labute approximate surface area is 78.9 Å². The highest BCUT2D eigenvalue weighted by Crippen LogP contribution is 2.38. The van der Waals surface area contributed by atoms with Crippen molar-refractivity contribution >= 4 is 5.69 Å². The number of rotatable bonds is 2. The van der Waals surface area contributed by atoms with Crippen LogP contribution in [0.15, 0.2) is 12.4 Å². The summed E-state index contributed by atoms with van der Waals surface area (Å²) in [5, 5.41) is 10.2. The molecule has 1 aliphatic carbocycles. The summed E-state index contributed by atoms with van der Waals surface area (Å²) in [5.74, 6) is 0. The average Bonchev–Trinajstić information content (AvgIpc) is 2.61. The lowest BCUT2D eigenvalue weighted by atomic mass is 9.92. The summed E-state index contributed by atoms with van der Waals surface area (Å²) in [6.45, 7) is 4.67. The lowest BCUT2D eigenvalue weighted by Crippen LogP contribution is -2.17. The molecule has 1 atom stereocenters. The van der Waals surface area contributed by atoms with Crippen LogP contribution in [0.5, 0.6) is 0 Å². The van der Waals surface area contributed by atoms with Crippen molar-refractivity contribution in [2.24, 2.45) is 5.41 Å². The zero-order valence-electron chi connectivity index (χ0n) is 8.30. The van der Waals surface area contributed by atoms with Crippen LogP contribution in [0.4, 0.5) is 5.69 Å². The van der Waals surface area contributed by atoms with Gasteiger partial charge in [0.1, 0.15) is 0 Å². The summed E-state index contributed by atoms with van der Waals surface area (Å²) in [6.07, 6.45) is 7.61. The van der Waals surface area contributed by atoms with E-state index in [1.54, 1.807) is 0 Å². The van der Waals surface area contributed by atoms with Crippen molar-refractivity contribution in [1.29, 1.82) is 0 Å². The fourth-order valence-electron chi connectivity index (χ4n) is 2.12. The third kappa shape index (κ3) is 2.02. The van der Waals surface area contributed by atoms with E-state index in [9.17, 15) is 0 Å². The molecule has 2 rings (SSSR count). The molecule has 3 nitrogen and oxygen atoms in total. The van der Waals surface area contributed by atoms with Crippen LogP contribution in [0.2, 0.25) is 0 Å². The van der Waals surface area contributed by atoms with Crippen molar-refractivity contribution in [2.75, 3.05) is 5.32 Å². The second-order valence-corrected chi connectivity index (χ2v) is 4.74. The molecule has 1 heterocycles. The number of hydrogen-bond donors (Lipinski definition) is 2. The highest BCUT2D eigenvalue weighted by molar-refractivity contribution is 5.39. The molecule has 1 aliphatic rings. The van der Waals surface area contributed by atoms with E-state index in [1.165, 1.54) is 19.3 Å². The molecule has 0 aliphatic heterocycles.